The van der Waals surface area contributed by atoms with Crippen molar-refractivity contribution in [1.29, 1.82) is 0 Å². The number of rotatable bonds is 8. The van der Waals surface area contributed by atoms with Gasteiger partial charge in [-0.15, -0.1) is 0 Å². The van der Waals surface area contributed by atoms with Crippen LogP contribution in [-0.2, 0) is 22.6 Å². The van der Waals surface area contributed by atoms with Crippen LogP contribution in [0, 0.1) is 5.82 Å². The fourth-order valence-corrected chi connectivity index (χ4v) is 2.29. The number of hydrogen-bond donors (Lipinski definition) is 2. The minimum atomic E-state index is -1.02. The lowest BCUT2D eigenvalue weighted by atomic mass is 10.0. The summed E-state index contributed by atoms with van der Waals surface area (Å²) in [7, 11) is 0. The molecule has 0 bridgehead atoms. The molecule has 0 unspecified atom stereocenters. The highest BCUT2D eigenvalue weighted by Crippen LogP contribution is 2.14. The third-order valence-corrected chi connectivity index (χ3v) is 3.54. The molecule has 0 saturated carbocycles. The molecule has 2 aromatic rings. The number of carboxylic acid groups (broad SMARTS) is 1. The van der Waals surface area contributed by atoms with E-state index < -0.39 is 17.9 Å². The van der Waals surface area contributed by atoms with Gasteiger partial charge in [-0.25, -0.2) is 9.18 Å². The number of halogens is 1. The minimum absolute atomic E-state index is 0.205. The molecule has 0 saturated heterocycles. The van der Waals surface area contributed by atoms with Crippen LogP contribution in [0.3, 0.4) is 0 Å². The highest BCUT2D eigenvalue weighted by molar-refractivity contribution is 5.72. The Morgan fingerprint density at radius 2 is 1.92 bits per heavy atom. The first kappa shape index (κ1) is 19.2. The Labute approximate surface area is 151 Å². The fourth-order valence-electron chi connectivity index (χ4n) is 2.29. The zero-order valence-electron chi connectivity index (χ0n) is 14.2. The molecule has 0 aliphatic heterocycles. The lowest BCUT2D eigenvalue weighted by Crippen LogP contribution is -2.24. The molecule has 26 heavy (non-hydrogen) atoms. The van der Waals surface area contributed by atoms with E-state index in [2.05, 4.69) is 5.32 Å². The van der Waals surface area contributed by atoms with E-state index >= 15 is 0 Å². The van der Waals surface area contributed by atoms with Gasteiger partial charge in [0.2, 0.25) is 0 Å². The lowest BCUT2D eigenvalue weighted by Gasteiger charge is -2.06. The second kappa shape index (κ2) is 9.98. The van der Waals surface area contributed by atoms with Crippen LogP contribution in [0.5, 0.6) is 0 Å². The van der Waals surface area contributed by atoms with E-state index in [9.17, 15) is 14.0 Å². The Balaban J connectivity index is 1.75. The summed E-state index contributed by atoms with van der Waals surface area (Å²) >= 11 is 0. The average molecular weight is 357 g/mol. The van der Waals surface area contributed by atoms with Crippen LogP contribution >= 0.6 is 0 Å². The maximum atomic E-state index is 13.2. The molecule has 0 aliphatic rings. The second-order valence-electron chi connectivity index (χ2n) is 5.59. The number of ether oxygens (including phenoxy) is 1. The molecule has 0 atom stereocenters. The number of alkyl carbamates (subject to hydrolysis) is 1. The molecule has 0 aromatic heterocycles. The van der Waals surface area contributed by atoms with Gasteiger partial charge in [-0.3, -0.25) is 4.79 Å². The molecule has 0 fully saturated rings. The fraction of sp³-hybridized carbons (Fsp3) is 0.200. The first-order valence-electron chi connectivity index (χ1n) is 8.16. The van der Waals surface area contributed by atoms with E-state index in [0.717, 1.165) is 5.56 Å². The Kier molecular flexibility index (Phi) is 7.36. The standard InChI is InChI=1S/C20H20FNO4/c21-18-10-9-16(17(12-18)13-19(23)24)8-4-5-11-22-20(25)26-14-15-6-2-1-3-7-15/h1-4,6-10,12H,5,11,13-14H2,(H,22,25)(H,23,24). The molecule has 2 aromatic carbocycles. The summed E-state index contributed by atoms with van der Waals surface area (Å²) in [6, 6.07) is 13.4. The number of amides is 1. The summed E-state index contributed by atoms with van der Waals surface area (Å²) in [4.78, 5) is 22.4. The summed E-state index contributed by atoms with van der Waals surface area (Å²) in [6.45, 7) is 0.580. The summed E-state index contributed by atoms with van der Waals surface area (Å²) in [5.74, 6) is -1.49. The number of nitrogens with one attached hydrogen (secondary N) is 1. The van der Waals surface area contributed by atoms with Crippen molar-refractivity contribution < 1.29 is 23.8 Å². The smallest absolute Gasteiger partial charge is 0.407 e. The SMILES string of the molecule is O=C(O)Cc1cc(F)ccc1C=CCCNC(=O)OCc1ccccc1. The molecule has 0 heterocycles. The summed E-state index contributed by atoms with van der Waals surface area (Å²) in [5.41, 5.74) is 1.95. The molecule has 136 valence electrons. The quantitative estimate of drug-likeness (QED) is 0.705. The van der Waals surface area contributed by atoms with E-state index in [-0.39, 0.29) is 13.0 Å². The number of carbonyl (C=O) groups is 2. The molecular formula is C20H20FNO4. The molecule has 6 heteroatoms. The Hall–Kier alpha value is -3.15. The van der Waals surface area contributed by atoms with Crippen molar-refractivity contribution in [3.8, 4) is 0 Å². The monoisotopic (exact) mass is 357 g/mol. The topological polar surface area (TPSA) is 75.6 Å². The van der Waals surface area contributed by atoms with Crippen LogP contribution < -0.4 is 5.32 Å². The van der Waals surface area contributed by atoms with Crippen molar-refractivity contribution in [2.75, 3.05) is 6.54 Å². The van der Waals surface area contributed by atoms with Crippen LogP contribution in [-0.4, -0.2) is 23.7 Å². The Morgan fingerprint density at radius 1 is 1.15 bits per heavy atom. The lowest BCUT2D eigenvalue weighted by molar-refractivity contribution is -0.136. The third-order valence-electron chi connectivity index (χ3n) is 3.54. The molecule has 1 amide bonds. The normalized spacial score (nSPS) is 10.7. The largest absolute Gasteiger partial charge is 0.481 e. The van der Waals surface area contributed by atoms with Gasteiger partial charge in [0.15, 0.2) is 0 Å². The van der Waals surface area contributed by atoms with E-state index in [0.29, 0.717) is 24.1 Å². The number of hydrogen-bond acceptors (Lipinski definition) is 3. The molecule has 0 radical (unpaired) electrons. The zero-order valence-corrected chi connectivity index (χ0v) is 14.2. The minimum Gasteiger partial charge on any atom is -0.481 e. The average Bonchev–Trinajstić information content (AvgIpc) is 2.61. The molecule has 0 aliphatic carbocycles. The predicted octanol–water partition coefficient (Wildman–Crippen LogP) is 3.78. The summed E-state index contributed by atoms with van der Waals surface area (Å²) in [5, 5.41) is 11.5. The number of benzene rings is 2. The van der Waals surface area contributed by atoms with Crippen molar-refractivity contribution in [2.45, 2.75) is 19.4 Å². The first-order valence-corrected chi connectivity index (χ1v) is 8.16. The van der Waals surface area contributed by atoms with Crippen LogP contribution in [0.1, 0.15) is 23.1 Å². The van der Waals surface area contributed by atoms with Gasteiger partial charge >= 0.3 is 12.1 Å². The summed E-state index contributed by atoms with van der Waals surface area (Å²) < 4.78 is 18.3. The molecular weight excluding hydrogens is 337 g/mol. The molecule has 0 spiro atoms. The van der Waals surface area contributed by atoms with Gasteiger partial charge in [-0.05, 0) is 35.2 Å². The van der Waals surface area contributed by atoms with Crippen LogP contribution in [0.25, 0.3) is 6.08 Å². The predicted molar refractivity (Wildman–Crippen MR) is 96.0 cm³/mol. The summed E-state index contributed by atoms with van der Waals surface area (Å²) in [6.07, 6.45) is 3.28. The van der Waals surface area contributed by atoms with Crippen molar-refractivity contribution in [2.24, 2.45) is 0 Å². The van der Waals surface area contributed by atoms with Crippen molar-refractivity contribution in [1.82, 2.24) is 5.32 Å². The van der Waals surface area contributed by atoms with E-state index in [1.807, 2.05) is 30.3 Å². The second-order valence-corrected chi connectivity index (χ2v) is 5.59. The third kappa shape index (κ3) is 6.76. The van der Waals surface area contributed by atoms with Gasteiger partial charge < -0.3 is 15.2 Å². The first-order chi connectivity index (χ1) is 12.5. The number of carboxylic acids is 1. The highest BCUT2D eigenvalue weighted by Gasteiger charge is 2.06. The van der Waals surface area contributed by atoms with E-state index in [1.54, 1.807) is 12.2 Å². The van der Waals surface area contributed by atoms with Crippen molar-refractivity contribution in [3.63, 3.8) is 0 Å². The number of carbonyl (C=O) groups excluding carboxylic acids is 1. The van der Waals surface area contributed by atoms with Crippen LogP contribution in [0.2, 0.25) is 0 Å². The van der Waals surface area contributed by atoms with Gasteiger partial charge in [0.25, 0.3) is 0 Å². The van der Waals surface area contributed by atoms with Crippen LogP contribution in [0.4, 0.5) is 9.18 Å². The Bertz CT molecular complexity index is 775. The van der Waals surface area contributed by atoms with Crippen molar-refractivity contribution in [3.05, 3.63) is 77.1 Å². The molecule has 2 rings (SSSR count). The number of aliphatic carboxylic acids is 1. The van der Waals surface area contributed by atoms with Gasteiger partial charge in [-0.2, -0.15) is 0 Å². The van der Waals surface area contributed by atoms with Gasteiger partial charge in [-0.1, -0.05) is 48.6 Å². The van der Waals surface area contributed by atoms with E-state index in [1.165, 1.54) is 18.2 Å². The van der Waals surface area contributed by atoms with Gasteiger partial charge in [0.05, 0.1) is 6.42 Å². The molecule has 5 nitrogen and oxygen atoms in total. The zero-order chi connectivity index (χ0) is 18.8. The van der Waals surface area contributed by atoms with Crippen molar-refractivity contribution >= 4 is 18.1 Å². The Morgan fingerprint density at radius 3 is 2.65 bits per heavy atom. The maximum Gasteiger partial charge on any atom is 0.407 e. The van der Waals surface area contributed by atoms with Crippen LogP contribution in [0.15, 0.2) is 54.6 Å². The highest BCUT2D eigenvalue weighted by atomic mass is 19.1. The van der Waals surface area contributed by atoms with Gasteiger partial charge in [0, 0.05) is 6.54 Å². The maximum absolute atomic E-state index is 13.2. The molecule has 2 N–H and O–H groups in total. The van der Waals surface area contributed by atoms with Gasteiger partial charge in [0.1, 0.15) is 12.4 Å². The van der Waals surface area contributed by atoms with E-state index in [4.69, 9.17) is 9.84 Å².